The highest BCUT2D eigenvalue weighted by atomic mass is 32.2. The van der Waals surface area contributed by atoms with E-state index in [-0.39, 0.29) is 18.0 Å². The number of aliphatic hydroxyl groups is 1. The van der Waals surface area contributed by atoms with E-state index < -0.39 is 9.84 Å². The molecule has 21 heavy (non-hydrogen) atoms. The van der Waals surface area contributed by atoms with Crippen molar-refractivity contribution in [3.05, 3.63) is 23.8 Å². The first-order valence-electron chi connectivity index (χ1n) is 7.07. The Balaban J connectivity index is 2.11. The van der Waals surface area contributed by atoms with Crippen molar-refractivity contribution in [1.29, 1.82) is 0 Å². The zero-order valence-electron chi connectivity index (χ0n) is 12.4. The van der Waals surface area contributed by atoms with Crippen LogP contribution in [0.15, 0.2) is 18.2 Å². The van der Waals surface area contributed by atoms with E-state index in [0.29, 0.717) is 24.3 Å². The number of sulfone groups is 1. The molecular formula is C15H22O5S. The summed E-state index contributed by atoms with van der Waals surface area (Å²) in [5.41, 5.74) is 0.747. The molecule has 0 radical (unpaired) electrons. The topological polar surface area (TPSA) is 72.8 Å². The molecular weight excluding hydrogens is 292 g/mol. The summed E-state index contributed by atoms with van der Waals surface area (Å²) in [5, 5.41) is 8.81. The summed E-state index contributed by atoms with van der Waals surface area (Å²) in [6.45, 7) is -0.0593. The van der Waals surface area contributed by atoms with Gasteiger partial charge in [0, 0.05) is 12.7 Å². The lowest BCUT2D eigenvalue weighted by Gasteiger charge is -2.29. The maximum absolute atomic E-state index is 11.7. The molecule has 1 N–H and O–H groups in total. The molecule has 1 saturated carbocycles. The third-order valence-corrected chi connectivity index (χ3v) is 5.53. The van der Waals surface area contributed by atoms with Gasteiger partial charge in [-0.2, -0.15) is 0 Å². The minimum absolute atomic E-state index is 0.0593. The summed E-state index contributed by atoms with van der Waals surface area (Å²) in [7, 11) is -1.48. The van der Waals surface area contributed by atoms with Crippen LogP contribution < -0.4 is 9.47 Å². The Hall–Kier alpha value is -1.27. The largest absolute Gasteiger partial charge is 0.493 e. The Morgan fingerprint density at radius 3 is 2.67 bits per heavy atom. The number of rotatable bonds is 5. The van der Waals surface area contributed by atoms with Crippen LogP contribution >= 0.6 is 0 Å². The van der Waals surface area contributed by atoms with Crippen molar-refractivity contribution in [3.63, 3.8) is 0 Å². The van der Waals surface area contributed by atoms with E-state index in [9.17, 15) is 8.42 Å². The molecule has 0 spiro atoms. The quantitative estimate of drug-likeness (QED) is 0.899. The minimum Gasteiger partial charge on any atom is -0.493 e. The number of benzene rings is 1. The molecule has 6 heteroatoms. The Labute approximate surface area is 125 Å². The average molecular weight is 314 g/mol. The molecule has 2 unspecified atom stereocenters. The van der Waals surface area contributed by atoms with Crippen molar-refractivity contribution in [3.8, 4) is 11.5 Å². The molecule has 2 atom stereocenters. The van der Waals surface area contributed by atoms with Gasteiger partial charge in [0.1, 0.15) is 15.9 Å². The molecule has 0 heterocycles. The molecule has 1 aliphatic carbocycles. The molecule has 0 saturated heterocycles. The number of methoxy groups -OCH3 is 1. The van der Waals surface area contributed by atoms with Gasteiger partial charge in [0.15, 0.2) is 11.5 Å². The van der Waals surface area contributed by atoms with Crippen LogP contribution in [0.5, 0.6) is 11.5 Å². The van der Waals surface area contributed by atoms with Gasteiger partial charge in [-0.25, -0.2) is 8.42 Å². The van der Waals surface area contributed by atoms with Crippen LogP contribution in [0.4, 0.5) is 0 Å². The monoisotopic (exact) mass is 314 g/mol. The van der Waals surface area contributed by atoms with Crippen LogP contribution in [-0.4, -0.2) is 38.2 Å². The van der Waals surface area contributed by atoms with E-state index >= 15 is 0 Å². The SMILES string of the molecule is COc1cc(CO)ccc1OC1CCCC(S(C)(=O)=O)C1. The second-order valence-corrected chi connectivity index (χ2v) is 7.83. The Bertz CT molecular complexity index is 582. The fourth-order valence-electron chi connectivity index (χ4n) is 2.69. The van der Waals surface area contributed by atoms with Crippen LogP contribution in [0.1, 0.15) is 31.2 Å². The highest BCUT2D eigenvalue weighted by Gasteiger charge is 2.30. The summed E-state index contributed by atoms with van der Waals surface area (Å²) in [5.74, 6) is 1.15. The predicted octanol–water partition coefficient (Wildman–Crippen LogP) is 1.92. The van der Waals surface area contributed by atoms with Crippen LogP contribution in [0.25, 0.3) is 0 Å². The highest BCUT2D eigenvalue weighted by Crippen LogP contribution is 2.33. The van der Waals surface area contributed by atoms with Gasteiger partial charge in [-0.05, 0) is 37.0 Å². The van der Waals surface area contributed by atoms with Gasteiger partial charge in [0.2, 0.25) is 0 Å². The zero-order chi connectivity index (χ0) is 15.5. The normalized spacial score (nSPS) is 22.8. The third-order valence-electron chi connectivity index (χ3n) is 3.89. The molecule has 1 aromatic carbocycles. The third kappa shape index (κ3) is 4.11. The molecule has 1 aromatic rings. The lowest BCUT2D eigenvalue weighted by molar-refractivity contribution is 0.150. The maximum atomic E-state index is 11.7. The number of hydrogen-bond acceptors (Lipinski definition) is 5. The number of ether oxygens (including phenoxy) is 2. The minimum atomic E-state index is -3.02. The van der Waals surface area contributed by atoms with Gasteiger partial charge >= 0.3 is 0 Å². The fraction of sp³-hybridized carbons (Fsp3) is 0.600. The Morgan fingerprint density at radius 2 is 2.05 bits per heavy atom. The number of hydrogen-bond donors (Lipinski definition) is 1. The summed E-state index contributed by atoms with van der Waals surface area (Å²) < 4.78 is 34.6. The van der Waals surface area contributed by atoms with Gasteiger partial charge in [-0.15, -0.1) is 0 Å². The van der Waals surface area contributed by atoms with Crippen LogP contribution in [0, 0.1) is 0 Å². The van der Waals surface area contributed by atoms with E-state index in [1.807, 2.05) is 0 Å². The lowest BCUT2D eigenvalue weighted by Crippen LogP contribution is -2.33. The van der Waals surface area contributed by atoms with Crippen molar-refractivity contribution in [1.82, 2.24) is 0 Å². The van der Waals surface area contributed by atoms with Crippen molar-refractivity contribution in [2.24, 2.45) is 0 Å². The summed E-state index contributed by atoms with van der Waals surface area (Å²) in [6.07, 6.45) is 4.09. The molecule has 0 amide bonds. The molecule has 1 fully saturated rings. The summed E-state index contributed by atoms with van der Waals surface area (Å²) in [6, 6.07) is 5.26. The van der Waals surface area contributed by atoms with E-state index in [2.05, 4.69) is 0 Å². The predicted molar refractivity (Wildman–Crippen MR) is 80.4 cm³/mol. The fourth-order valence-corrected chi connectivity index (χ4v) is 3.84. The number of aliphatic hydroxyl groups excluding tert-OH is 1. The van der Waals surface area contributed by atoms with E-state index in [0.717, 1.165) is 18.4 Å². The van der Waals surface area contributed by atoms with Crippen LogP contribution in [0.3, 0.4) is 0 Å². The molecule has 118 valence electrons. The van der Waals surface area contributed by atoms with Gasteiger partial charge in [0.25, 0.3) is 0 Å². The first-order valence-corrected chi connectivity index (χ1v) is 9.02. The molecule has 0 aromatic heterocycles. The maximum Gasteiger partial charge on any atom is 0.161 e. The average Bonchev–Trinajstić information content (AvgIpc) is 2.47. The van der Waals surface area contributed by atoms with Gasteiger partial charge in [-0.3, -0.25) is 0 Å². The van der Waals surface area contributed by atoms with Crippen molar-refractivity contribution in [2.75, 3.05) is 13.4 Å². The second kappa shape index (κ2) is 6.66. The van der Waals surface area contributed by atoms with Crippen molar-refractivity contribution >= 4 is 9.84 Å². The van der Waals surface area contributed by atoms with E-state index in [1.165, 1.54) is 6.26 Å². The van der Waals surface area contributed by atoms with Gasteiger partial charge in [0.05, 0.1) is 19.0 Å². The smallest absolute Gasteiger partial charge is 0.161 e. The highest BCUT2D eigenvalue weighted by molar-refractivity contribution is 7.91. The van der Waals surface area contributed by atoms with E-state index in [4.69, 9.17) is 14.6 Å². The molecule has 0 bridgehead atoms. The Kier molecular flexibility index (Phi) is 5.11. The molecule has 2 rings (SSSR count). The lowest BCUT2D eigenvalue weighted by atomic mass is 9.97. The molecule has 0 aliphatic heterocycles. The summed E-state index contributed by atoms with van der Waals surface area (Å²) in [4.78, 5) is 0. The first-order chi connectivity index (χ1) is 9.94. The van der Waals surface area contributed by atoms with Crippen LogP contribution in [0.2, 0.25) is 0 Å². The zero-order valence-corrected chi connectivity index (χ0v) is 13.2. The second-order valence-electron chi connectivity index (χ2n) is 5.50. The van der Waals surface area contributed by atoms with Gasteiger partial charge in [-0.1, -0.05) is 6.07 Å². The Morgan fingerprint density at radius 1 is 1.29 bits per heavy atom. The first kappa shape index (κ1) is 16.1. The standard InChI is InChI=1S/C15H22O5S/c1-19-15-8-11(10-16)6-7-14(15)20-12-4-3-5-13(9-12)21(2,17)18/h6-8,12-13,16H,3-5,9-10H2,1-2H3. The van der Waals surface area contributed by atoms with Crippen molar-refractivity contribution in [2.45, 2.75) is 43.6 Å². The van der Waals surface area contributed by atoms with Crippen LogP contribution in [-0.2, 0) is 16.4 Å². The molecule has 5 nitrogen and oxygen atoms in total. The van der Waals surface area contributed by atoms with Crippen molar-refractivity contribution < 1.29 is 23.0 Å². The molecule has 1 aliphatic rings. The summed E-state index contributed by atoms with van der Waals surface area (Å²) >= 11 is 0. The van der Waals surface area contributed by atoms with E-state index in [1.54, 1.807) is 25.3 Å². The van der Waals surface area contributed by atoms with Gasteiger partial charge < -0.3 is 14.6 Å².